The van der Waals surface area contributed by atoms with Crippen LogP contribution in [0, 0.1) is 6.92 Å². The van der Waals surface area contributed by atoms with Gasteiger partial charge >= 0.3 is 0 Å². The Balaban J connectivity index is 1.82. The smallest absolute Gasteiger partial charge is 0.161 e. The minimum absolute atomic E-state index is 0.805. The zero-order valence-corrected chi connectivity index (χ0v) is 10.9. The first kappa shape index (κ1) is 11.7. The van der Waals surface area contributed by atoms with Crippen LogP contribution in [-0.2, 0) is 12.8 Å². The molecular weight excluding hydrogens is 236 g/mol. The van der Waals surface area contributed by atoms with Gasteiger partial charge in [0.25, 0.3) is 0 Å². The van der Waals surface area contributed by atoms with Crippen LogP contribution in [0.5, 0.6) is 0 Å². The Morgan fingerprint density at radius 3 is 2.84 bits per heavy atom. The Kier molecular flexibility index (Phi) is 2.91. The van der Waals surface area contributed by atoms with Crippen LogP contribution in [-0.4, -0.2) is 14.6 Å². The van der Waals surface area contributed by atoms with Gasteiger partial charge in [-0.3, -0.25) is 4.40 Å². The van der Waals surface area contributed by atoms with Crippen molar-refractivity contribution >= 4 is 11.3 Å². The maximum Gasteiger partial charge on any atom is 0.161 e. The molecule has 0 saturated carbocycles. The summed E-state index contributed by atoms with van der Waals surface area (Å²) in [6, 6.07) is 12.1. The van der Waals surface area contributed by atoms with Gasteiger partial charge in [0.05, 0.1) is 0 Å². The molecule has 0 aliphatic carbocycles. The molecule has 2 heterocycles. The Morgan fingerprint density at radius 2 is 2.00 bits per heavy atom. The highest BCUT2D eigenvalue weighted by Crippen LogP contribution is 2.11. The number of aromatic nitrogens is 3. The van der Waals surface area contributed by atoms with Crippen molar-refractivity contribution in [3.8, 4) is 0 Å². The minimum atomic E-state index is 0.805. The summed E-state index contributed by atoms with van der Waals surface area (Å²) < 4.78 is 2.04. The molecule has 2 aromatic heterocycles. The highest BCUT2D eigenvalue weighted by molar-refractivity contribution is 5.42. The first-order valence-electron chi connectivity index (χ1n) is 6.37. The van der Waals surface area contributed by atoms with E-state index < -0.39 is 0 Å². The van der Waals surface area contributed by atoms with E-state index in [-0.39, 0.29) is 0 Å². The molecule has 19 heavy (non-hydrogen) atoms. The van der Waals surface area contributed by atoms with Crippen LogP contribution in [0.2, 0.25) is 0 Å². The first-order valence-corrected chi connectivity index (χ1v) is 6.37. The molecule has 0 unspecified atom stereocenters. The molecule has 1 aromatic carbocycles. The molecule has 0 amide bonds. The molecule has 3 rings (SSSR count). The lowest BCUT2D eigenvalue weighted by Crippen LogP contribution is -1.98. The van der Waals surface area contributed by atoms with Crippen molar-refractivity contribution in [1.29, 1.82) is 0 Å². The lowest BCUT2D eigenvalue weighted by molar-refractivity contribution is 0.839. The second kappa shape index (κ2) is 4.72. The Bertz CT molecular complexity index is 715. The standard InChI is InChI=1S/C15H16N4/c1-11-7-8-19-14(17-18-15(19)9-11)6-5-12-3-2-4-13(16)10-12/h2-4,7-10H,5-6,16H2,1H3. The number of hydrogen-bond donors (Lipinski definition) is 1. The van der Waals surface area contributed by atoms with Crippen molar-refractivity contribution in [3.63, 3.8) is 0 Å². The minimum Gasteiger partial charge on any atom is -0.399 e. The van der Waals surface area contributed by atoms with E-state index in [0.717, 1.165) is 30.0 Å². The van der Waals surface area contributed by atoms with Crippen molar-refractivity contribution in [3.05, 3.63) is 59.5 Å². The SMILES string of the molecule is Cc1ccn2c(CCc3cccc(N)c3)nnc2c1. The monoisotopic (exact) mass is 252 g/mol. The number of nitrogen functional groups attached to an aromatic ring is 1. The van der Waals surface area contributed by atoms with E-state index in [9.17, 15) is 0 Å². The predicted molar refractivity (Wildman–Crippen MR) is 76.0 cm³/mol. The molecule has 0 fully saturated rings. The van der Waals surface area contributed by atoms with Crippen LogP contribution in [0.1, 0.15) is 17.0 Å². The Morgan fingerprint density at radius 1 is 1.11 bits per heavy atom. The Labute approximate surface area is 111 Å². The molecule has 2 N–H and O–H groups in total. The van der Waals surface area contributed by atoms with Crippen LogP contribution in [0.4, 0.5) is 5.69 Å². The van der Waals surface area contributed by atoms with E-state index in [0.29, 0.717) is 0 Å². The number of benzene rings is 1. The highest BCUT2D eigenvalue weighted by Gasteiger charge is 2.05. The second-order valence-electron chi connectivity index (χ2n) is 4.79. The first-order chi connectivity index (χ1) is 9.22. The van der Waals surface area contributed by atoms with Gasteiger partial charge in [-0.2, -0.15) is 0 Å². The van der Waals surface area contributed by atoms with Gasteiger partial charge in [0.15, 0.2) is 5.65 Å². The lowest BCUT2D eigenvalue weighted by Gasteiger charge is -2.02. The fraction of sp³-hybridized carbons (Fsp3) is 0.200. The summed E-state index contributed by atoms with van der Waals surface area (Å²) in [5, 5.41) is 8.45. The van der Waals surface area contributed by atoms with Crippen LogP contribution < -0.4 is 5.73 Å². The third-order valence-electron chi connectivity index (χ3n) is 3.22. The average Bonchev–Trinajstić information content (AvgIpc) is 2.78. The molecule has 4 heteroatoms. The summed E-state index contributed by atoms with van der Waals surface area (Å²) in [6.07, 6.45) is 3.80. The van der Waals surface area contributed by atoms with E-state index in [1.165, 1.54) is 11.1 Å². The van der Waals surface area contributed by atoms with E-state index in [1.54, 1.807) is 0 Å². The van der Waals surface area contributed by atoms with Gasteiger partial charge in [-0.25, -0.2) is 0 Å². The number of hydrogen-bond acceptors (Lipinski definition) is 3. The van der Waals surface area contributed by atoms with Crippen LogP contribution in [0.3, 0.4) is 0 Å². The summed E-state index contributed by atoms with van der Waals surface area (Å²) in [5.74, 6) is 0.984. The second-order valence-corrected chi connectivity index (χ2v) is 4.79. The number of fused-ring (bicyclic) bond motifs is 1. The Hall–Kier alpha value is -2.36. The molecular formula is C15H16N4. The van der Waals surface area contributed by atoms with Crippen LogP contribution >= 0.6 is 0 Å². The average molecular weight is 252 g/mol. The fourth-order valence-electron chi connectivity index (χ4n) is 2.22. The van der Waals surface area contributed by atoms with Crippen molar-refractivity contribution in [2.24, 2.45) is 0 Å². The summed E-state index contributed by atoms with van der Waals surface area (Å²) in [5.41, 5.74) is 9.91. The number of nitrogens with zero attached hydrogens (tertiary/aromatic N) is 3. The predicted octanol–water partition coefficient (Wildman–Crippen LogP) is 2.41. The number of rotatable bonds is 3. The topological polar surface area (TPSA) is 56.2 Å². The molecule has 0 aliphatic heterocycles. The fourth-order valence-corrected chi connectivity index (χ4v) is 2.22. The van der Waals surface area contributed by atoms with E-state index in [1.807, 2.05) is 34.9 Å². The van der Waals surface area contributed by atoms with E-state index in [2.05, 4.69) is 29.3 Å². The summed E-state index contributed by atoms with van der Waals surface area (Å²) in [4.78, 5) is 0. The van der Waals surface area contributed by atoms with Gasteiger partial charge in [0.1, 0.15) is 5.82 Å². The summed E-state index contributed by atoms with van der Waals surface area (Å²) in [7, 11) is 0. The van der Waals surface area contributed by atoms with Crippen molar-refractivity contribution in [1.82, 2.24) is 14.6 Å². The van der Waals surface area contributed by atoms with Crippen molar-refractivity contribution in [2.45, 2.75) is 19.8 Å². The zero-order valence-electron chi connectivity index (χ0n) is 10.9. The molecule has 96 valence electrons. The molecule has 0 bridgehead atoms. The molecule has 0 radical (unpaired) electrons. The van der Waals surface area contributed by atoms with E-state index >= 15 is 0 Å². The number of anilines is 1. The van der Waals surface area contributed by atoms with Gasteiger partial charge in [0.2, 0.25) is 0 Å². The maximum absolute atomic E-state index is 5.78. The third-order valence-corrected chi connectivity index (χ3v) is 3.22. The van der Waals surface area contributed by atoms with E-state index in [4.69, 9.17) is 5.73 Å². The third kappa shape index (κ3) is 2.42. The normalized spacial score (nSPS) is 11.0. The number of aryl methyl sites for hydroxylation is 3. The number of nitrogens with two attached hydrogens (primary N) is 1. The van der Waals surface area contributed by atoms with Crippen molar-refractivity contribution < 1.29 is 0 Å². The quantitative estimate of drug-likeness (QED) is 0.728. The summed E-state index contributed by atoms with van der Waals surface area (Å²) in [6.45, 7) is 2.06. The molecule has 4 nitrogen and oxygen atoms in total. The van der Waals surface area contributed by atoms with Gasteiger partial charge in [-0.05, 0) is 48.7 Å². The lowest BCUT2D eigenvalue weighted by atomic mass is 10.1. The molecule has 0 atom stereocenters. The number of pyridine rings is 1. The molecule has 3 aromatic rings. The summed E-state index contributed by atoms with van der Waals surface area (Å²) >= 11 is 0. The van der Waals surface area contributed by atoms with Crippen LogP contribution in [0.25, 0.3) is 5.65 Å². The van der Waals surface area contributed by atoms with Gasteiger partial charge in [-0.1, -0.05) is 12.1 Å². The van der Waals surface area contributed by atoms with Crippen molar-refractivity contribution in [2.75, 3.05) is 5.73 Å². The zero-order chi connectivity index (χ0) is 13.2. The van der Waals surface area contributed by atoms with Gasteiger partial charge in [-0.15, -0.1) is 10.2 Å². The molecule has 0 aliphatic rings. The molecule has 0 spiro atoms. The molecule has 0 saturated heterocycles. The van der Waals surface area contributed by atoms with Crippen LogP contribution in [0.15, 0.2) is 42.6 Å². The van der Waals surface area contributed by atoms with Gasteiger partial charge in [0, 0.05) is 18.3 Å². The maximum atomic E-state index is 5.78. The highest BCUT2D eigenvalue weighted by atomic mass is 15.2. The largest absolute Gasteiger partial charge is 0.399 e. The van der Waals surface area contributed by atoms with Gasteiger partial charge < -0.3 is 5.73 Å².